The van der Waals surface area contributed by atoms with Crippen LogP contribution in [0.5, 0.6) is 0 Å². The Labute approximate surface area is 152 Å². The number of hydrogen-bond acceptors (Lipinski definition) is 5. The van der Waals surface area contributed by atoms with Crippen molar-refractivity contribution in [2.75, 3.05) is 43.4 Å². The zero-order valence-corrected chi connectivity index (χ0v) is 14.7. The minimum absolute atomic E-state index is 0.145. The number of para-hydroxylation sites is 1. The first-order chi connectivity index (χ1) is 12.7. The molecule has 1 saturated heterocycles. The number of piperazine rings is 1. The molecule has 0 bridgehead atoms. The molecule has 0 radical (unpaired) electrons. The standard InChI is InChI=1S/C20H21N5O/c1-24-11-13-25(14-12-24)16-7-5-15(6-8-16)20(26)23-18-4-2-3-17-19(18)22-10-9-21-17/h2-10H,11-14H2,1H3,(H,23,26). The lowest BCUT2D eigenvalue weighted by Crippen LogP contribution is -2.44. The number of hydrogen-bond donors (Lipinski definition) is 1. The molecule has 0 saturated carbocycles. The number of carbonyl (C=O) groups excluding carboxylic acids is 1. The topological polar surface area (TPSA) is 61.4 Å². The predicted octanol–water partition coefficient (Wildman–Crippen LogP) is 2.63. The van der Waals surface area contributed by atoms with Crippen molar-refractivity contribution >= 4 is 28.3 Å². The first kappa shape index (κ1) is 16.5. The van der Waals surface area contributed by atoms with Gasteiger partial charge in [-0.25, -0.2) is 0 Å². The van der Waals surface area contributed by atoms with E-state index in [2.05, 4.69) is 32.1 Å². The second-order valence-electron chi connectivity index (χ2n) is 6.52. The van der Waals surface area contributed by atoms with Gasteiger partial charge in [0.1, 0.15) is 5.52 Å². The Morgan fingerprint density at radius 1 is 0.962 bits per heavy atom. The van der Waals surface area contributed by atoms with Crippen molar-refractivity contribution in [3.05, 3.63) is 60.4 Å². The quantitative estimate of drug-likeness (QED) is 0.789. The van der Waals surface area contributed by atoms with Gasteiger partial charge in [0.25, 0.3) is 5.91 Å². The summed E-state index contributed by atoms with van der Waals surface area (Å²) in [6.45, 7) is 4.14. The van der Waals surface area contributed by atoms with Crippen molar-refractivity contribution in [1.29, 1.82) is 0 Å². The Bertz CT molecular complexity index is 912. The lowest BCUT2D eigenvalue weighted by atomic mass is 10.1. The molecule has 2 heterocycles. The number of aromatic nitrogens is 2. The highest BCUT2D eigenvalue weighted by Gasteiger charge is 2.15. The third kappa shape index (κ3) is 3.36. The second-order valence-corrected chi connectivity index (χ2v) is 6.52. The van der Waals surface area contributed by atoms with Crippen LogP contribution in [0.15, 0.2) is 54.9 Å². The van der Waals surface area contributed by atoms with Crippen molar-refractivity contribution in [3.63, 3.8) is 0 Å². The van der Waals surface area contributed by atoms with Crippen LogP contribution in [0, 0.1) is 0 Å². The molecule has 0 unspecified atom stereocenters. The summed E-state index contributed by atoms with van der Waals surface area (Å²) < 4.78 is 0. The lowest BCUT2D eigenvalue weighted by Gasteiger charge is -2.34. The minimum Gasteiger partial charge on any atom is -0.369 e. The number of carbonyl (C=O) groups is 1. The van der Waals surface area contributed by atoms with E-state index in [9.17, 15) is 4.79 Å². The monoisotopic (exact) mass is 347 g/mol. The van der Waals surface area contributed by atoms with Crippen molar-refractivity contribution in [2.45, 2.75) is 0 Å². The maximum absolute atomic E-state index is 12.6. The highest BCUT2D eigenvalue weighted by molar-refractivity contribution is 6.08. The molecular weight excluding hydrogens is 326 g/mol. The van der Waals surface area contributed by atoms with E-state index in [-0.39, 0.29) is 5.91 Å². The van der Waals surface area contributed by atoms with E-state index in [1.54, 1.807) is 12.4 Å². The van der Waals surface area contributed by atoms with Crippen molar-refractivity contribution in [1.82, 2.24) is 14.9 Å². The fourth-order valence-electron chi connectivity index (χ4n) is 3.18. The van der Waals surface area contributed by atoms with Crippen molar-refractivity contribution < 1.29 is 4.79 Å². The van der Waals surface area contributed by atoms with Crippen LogP contribution in [0.4, 0.5) is 11.4 Å². The molecule has 1 aliphatic heterocycles. The highest BCUT2D eigenvalue weighted by Crippen LogP contribution is 2.21. The fraction of sp³-hybridized carbons (Fsp3) is 0.250. The van der Waals surface area contributed by atoms with Gasteiger partial charge in [-0.05, 0) is 43.4 Å². The van der Waals surface area contributed by atoms with E-state index in [4.69, 9.17) is 0 Å². The Morgan fingerprint density at radius 2 is 1.69 bits per heavy atom. The average Bonchev–Trinajstić information content (AvgIpc) is 2.69. The summed E-state index contributed by atoms with van der Waals surface area (Å²) in [5.41, 5.74) is 3.91. The van der Waals surface area contributed by atoms with Crippen LogP contribution in [0.2, 0.25) is 0 Å². The molecule has 1 amide bonds. The normalized spacial score (nSPS) is 15.2. The number of rotatable bonds is 3. The van der Waals surface area contributed by atoms with Crippen molar-refractivity contribution in [3.8, 4) is 0 Å². The van der Waals surface area contributed by atoms with Gasteiger partial charge in [-0.15, -0.1) is 0 Å². The number of fused-ring (bicyclic) bond motifs is 1. The molecule has 6 nitrogen and oxygen atoms in total. The molecule has 1 N–H and O–H groups in total. The molecule has 0 spiro atoms. The van der Waals surface area contributed by atoms with E-state index < -0.39 is 0 Å². The molecule has 0 aliphatic carbocycles. The summed E-state index contributed by atoms with van der Waals surface area (Å²) >= 11 is 0. The molecule has 0 atom stereocenters. The summed E-state index contributed by atoms with van der Waals surface area (Å²) in [5, 5.41) is 2.94. The number of nitrogens with zero attached hydrogens (tertiary/aromatic N) is 4. The van der Waals surface area contributed by atoms with E-state index in [0.717, 1.165) is 37.4 Å². The predicted molar refractivity (Wildman–Crippen MR) is 104 cm³/mol. The maximum atomic E-state index is 12.6. The number of anilines is 2. The van der Waals surface area contributed by atoms with E-state index in [1.165, 1.54) is 0 Å². The fourth-order valence-corrected chi connectivity index (χ4v) is 3.18. The summed E-state index contributed by atoms with van der Waals surface area (Å²) in [4.78, 5) is 25.9. The Kier molecular flexibility index (Phi) is 4.50. The van der Waals surface area contributed by atoms with Gasteiger partial charge in [0.15, 0.2) is 0 Å². The maximum Gasteiger partial charge on any atom is 0.255 e. The van der Waals surface area contributed by atoms with Gasteiger partial charge >= 0.3 is 0 Å². The van der Waals surface area contributed by atoms with Crippen LogP contribution < -0.4 is 10.2 Å². The van der Waals surface area contributed by atoms with E-state index >= 15 is 0 Å². The largest absolute Gasteiger partial charge is 0.369 e. The van der Waals surface area contributed by atoms with Gasteiger partial charge in [0, 0.05) is 49.8 Å². The third-order valence-corrected chi connectivity index (χ3v) is 4.74. The number of benzene rings is 2. The zero-order valence-electron chi connectivity index (χ0n) is 14.7. The Hall–Kier alpha value is -2.99. The van der Waals surface area contributed by atoms with Crippen LogP contribution in [-0.2, 0) is 0 Å². The molecule has 1 aliphatic rings. The molecule has 1 fully saturated rings. The lowest BCUT2D eigenvalue weighted by molar-refractivity contribution is 0.102. The molecule has 26 heavy (non-hydrogen) atoms. The molecular formula is C20H21N5O. The van der Waals surface area contributed by atoms with Gasteiger partial charge in [-0.2, -0.15) is 0 Å². The highest BCUT2D eigenvalue weighted by atomic mass is 16.1. The molecule has 3 aromatic rings. The van der Waals surface area contributed by atoms with Crippen LogP contribution in [0.3, 0.4) is 0 Å². The molecule has 132 valence electrons. The molecule has 1 aromatic heterocycles. The smallest absolute Gasteiger partial charge is 0.255 e. The minimum atomic E-state index is -0.145. The first-order valence-corrected chi connectivity index (χ1v) is 8.75. The summed E-state index contributed by atoms with van der Waals surface area (Å²) in [6.07, 6.45) is 3.27. The number of likely N-dealkylation sites (N-methyl/N-ethyl adjacent to an activating group) is 1. The average molecular weight is 347 g/mol. The SMILES string of the molecule is CN1CCN(c2ccc(C(=O)Nc3cccc4nccnc34)cc2)CC1. The summed E-state index contributed by atoms with van der Waals surface area (Å²) in [6, 6.07) is 13.4. The molecule has 4 rings (SSSR count). The Balaban J connectivity index is 1.50. The summed E-state index contributed by atoms with van der Waals surface area (Å²) in [5.74, 6) is -0.145. The number of nitrogens with one attached hydrogen (secondary N) is 1. The van der Waals surface area contributed by atoms with E-state index in [0.29, 0.717) is 16.8 Å². The van der Waals surface area contributed by atoms with Gasteiger partial charge in [0.05, 0.1) is 11.2 Å². The van der Waals surface area contributed by atoms with Crippen molar-refractivity contribution in [2.24, 2.45) is 0 Å². The summed E-state index contributed by atoms with van der Waals surface area (Å²) in [7, 11) is 2.14. The van der Waals surface area contributed by atoms with Gasteiger partial charge < -0.3 is 15.1 Å². The first-order valence-electron chi connectivity index (χ1n) is 8.75. The van der Waals surface area contributed by atoms with E-state index in [1.807, 2.05) is 42.5 Å². The molecule has 2 aromatic carbocycles. The van der Waals surface area contributed by atoms with Gasteiger partial charge in [-0.1, -0.05) is 6.07 Å². The van der Waals surface area contributed by atoms with Crippen LogP contribution in [-0.4, -0.2) is 54.0 Å². The second kappa shape index (κ2) is 7.09. The van der Waals surface area contributed by atoms with Gasteiger partial charge in [0.2, 0.25) is 0 Å². The van der Waals surface area contributed by atoms with Gasteiger partial charge in [-0.3, -0.25) is 14.8 Å². The number of amides is 1. The van der Waals surface area contributed by atoms with Crippen LogP contribution in [0.25, 0.3) is 11.0 Å². The molecule has 6 heteroatoms. The zero-order chi connectivity index (χ0) is 17.9. The third-order valence-electron chi connectivity index (χ3n) is 4.74. The Morgan fingerprint density at radius 3 is 2.46 bits per heavy atom. The van der Waals surface area contributed by atoms with Crippen LogP contribution in [0.1, 0.15) is 10.4 Å². The van der Waals surface area contributed by atoms with Crippen LogP contribution >= 0.6 is 0 Å².